The summed E-state index contributed by atoms with van der Waals surface area (Å²) in [5.41, 5.74) is 7.27. The van der Waals surface area contributed by atoms with Gasteiger partial charge in [-0.1, -0.05) is 30.3 Å². The fraction of sp³-hybridized carbons (Fsp3) is 0.188. The second kappa shape index (κ2) is 6.30. The normalized spacial score (nSPS) is 12.1. The van der Waals surface area contributed by atoms with Crippen LogP contribution in [0.25, 0.3) is 0 Å². The number of hydrogen-bond acceptors (Lipinski definition) is 2. The van der Waals surface area contributed by atoms with Crippen LogP contribution in [-0.2, 0) is 6.54 Å². The average Bonchev–Trinajstić information content (AvgIpc) is 2.45. The lowest BCUT2D eigenvalue weighted by Gasteiger charge is -2.15. The fourth-order valence-electron chi connectivity index (χ4n) is 2.04. The lowest BCUT2D eigenvalue weighted by atomic mass is 10.1. The van der Waals surface area contributed by atoms with Crippen molar-refractivity contribution < 1.29 is 9.18 Å². The molecule has 104 valence electrons. The summed E-state index contributed by atoms with van der Waals surface area (Å²) in [7, 11) is 0. The number of amides is 1. The first-order valence-corrected chi connectivity index (χ1v) is 6.44. The lowest BCUT2D eigenvalue weighted by Crippen LogP contribution is -2.19. The number of benzene rings is 2. The van der Waals surface area contributed by atoms with Crippen molar-refractivity contribution in [3.63, 3.8) is 0 Å². The van der Waals surface area contributed by atoms with Gasteiger partial charge in [0.2, 0.25) is 5.91 Å². The second-order valence-electron chi connectivity index (χ2n) is 4.69. The summed E-state index contributed by atoms with van der Waals surface area (Å²) < 4.78 is 13.6. The molecule has 20 heavy (non-hydrogen) atoms. The van der Waals surface area contributed by atoms with Crippen LogP contribution < -0.4 is 11.1 Å². The van der Waals surface area contributed by atoms with Gasteiger partial charge in [0.05, 0.1) is 0 Å². The number of rotatable bonds is 5. The van der Waals surface area contributed by atoms with E-state index in [0.29, 0.717) is 17.7 Å². The van der Waals surface area contributed by atoms with Crippen molar-refractivity contribution >= 4 is 5.91 Å². The Morgan fingerprint density at radius 3 is 2.70 bits per heavy atom. The number of hydrogen-bond donors (Lipinski definition) is 2. The first kappa shape index (κ1) is 14.2. The Balaban J connectivity index is 2.04. The molecule has 0 saturated heterocycles. The highest BCUT2D eigenvalue weighted by Gasteiger charge is 2.09. The zero-order valence-corrected chi connectivity index (χ0v) is 11.3. The molecule has 0 spiro atoms. The molecule has 0 fully saturated rings. The summed E-state index contributed by atoms with van der Waals surface area (Å²) in [6.07, 6.45) is 0. The number of halogens is 1. The Morgan fingerprint density at radius 2 is 2.00 bits per heavy atom. The summed E-state index contributed by atoms with van der Waals surface area (Å²) >= 11 is 0. The minimum absolute atomic E-state index is 0.117. The number of nitrogens with two attached hydrogens (primary N) is 1. The van der Waals surface area contributed by atoms with Gasteiger partial charge in [0.15, 0.2) is 0 Å². The molecule has 0 aromatic heterocycles. The quantitative estimate of drug-likeness (QED) is 0.879. The molecule has 2 rings (SSSR count). The molecule has 4 heteroatoms. The van der Waals surface area contributed by atoms with E-state index < -0.39 is 5.91 Å². The van der Waals surface area contributed by atoms with Gasteiger partial charge in [0, 0.05) is 23.7 Å². The SMILES string of the molecule is CC(NCc1cccc(C(N)=O)c1)c1ccccc1F. The van der Waals surface area contributed by atoms with E-state index in [4.69, 9.17) is 5.73 Å². The molecule has 0 bridgehead atoms. The van der Waals surface area contributed by atoms with Gasteiger partial charge < -0.3 is 11.1 Å². The molecule has 1 unspecified atom stereocenters. The maximum atomic E-state index is 13.6. The van der Waals surface area contributed by atoms with Crippen LogP contribution in [0, 0.1) is 5.82 Å². The van der Waals surface area contributed by atoms with Gasteiger partial charge in [-0.25, -0.2) is 4.39 Å². The van der Waals surface area contributed by atoms with Crippen LogP contribution in [0.4, 0.5) is 4.39 Å². The Morgan fingerprint density at radius 1 is 1.25 bits per heavy atom. The van der Waals surface area contributed by atoms with Crippen molar-refractivity contribution in [3.8, 4) is 0 Å². The average molecular weight is 272 g/mol. The van der Waals surface area contributed by atoms with Gasteiger partial charge in [-0.3, -0.25) is 4.79 Å². The minimum atomic E-state index is -0.450. The van der Waals surface area contributed by atoms with Gasteiger partial charge in [0.25, 0.3) is 0 Å². The summed E-state index contributed by atoms with van der Waals surface area (Å²) in [5.74, 6) is -0.674. The van der Waals surface area contributed by atoms with E-state index in [2.05, 4.69) is 5.32 Å². The van der Waals surface area contributed by atoms with E-state index in [1.165, 1.54) is 6.07 Å². The monoisotopic (exact) mass is 272 g/mol. The zero-order valence-electron chi connectivity index (χ0n) is 11.3. The smallest absolute Gasteiger partial charge is 0.248 e. The third-order valence-corrected chi connectivity index (χ3v) is 3.20. The summed E-state index contributed by atoms with van der Waals surface area (Å²) in [5, 5.41) is 3.23. The molecule has 1 atom stereocenters. The maximum Gasteiger partial charge on any atom is 0.248 e. The van der Waals surface area contributed by atoms with Crippen molar-refractivity contribution in [3.05, 3.63) is 71.0 Å². The summed E-state index contributed by atoms with van der Waals surface area (Å²) in [6.45, 7) is 2.44. The standard InChI is InChI=1S/C16H17FN2O/c1-11(14-7-2-3-8-15(14)17)19-10-12-5-4-6-13(9-12)16(18)20/h2-9,11,19H,10H2,1H3,(H2,18,20). The molecule has 3 nitrogen and oxygen atoms in total. The van der Waals surface area contributed by atoms with Crippen molar-refractivity contribution in [2.24, 2.45) is 5.73 Å². The topological polar surface area (TPSA) is 55.1 Å². The maximum absolute atomic E-state index is 13.6. The third-order valence-electron chi connectivity index (χ3n) is 3.20. The Bertz CT molecular complexity index is 613. The van der Waals surface area contributed by atoms with E-state index in [-0.39, 0.29) is 11.9 Å². The third kappa shape index (κ3) is 3.42. The largest absolute Gasteiger partial charge is 0.366 e. The van der Waals surface area contributed by atoms with E-state index in [0.717, 1.165) is 5.56 Å². The van der Waals surface area contributed by atoms with E-state index >= 15 is 0 Å². The van der Waals surface area contributed by atoms with Gasteiger partial charge in [-0.05, 0) is 30.7 Å². The van der Waals surface area contributed by atoms with Gasteiger partial charge in [-0.2, -0.15) is 0 Å². The second-order valence-corrected chi connectivity index (χ2v) is 4.69. The van der Waals surface area contributed by atoms with Crippen LogP contribution in [0.2, 0.25) is 0 Å². The highest BCUT2D eigenvalue weighted by molar-refractivity contribution is 5.92. The summed E-state index contributed by atoms with van der Waals surface area (Å²) in [4.78, 5) is 11.1. The van der Waals surface area contributed by atoms with Crippen molar-refractivity contribution in [1.29, 1.82) is 0 Å². The Kier molecular flexibility index (Phi) is 4.48. The summed E-state index contributed by atoms with van der Waals surface area (Å²) in [6, 6.07) is 13.7. The first-order valence-electron chi connectivity index (χ1n) is 6.44. The first-order chi connectivity index (χ1) is 9.58. The molecule has 2 aromatic carbocycles. The van der Waals surface area contributed by atoms with Crippen LogP contribution in [0.15, 0.2) is 48.5 Å². The molecule has 0 aliphatic heterocycles. The van der Waals surface area contributed by atoms with Crippen LogP contribution >= 0.6 is 0 Å². The minimum Gasteiger partial charge on any atom is -0.366 e. The molecule has 0 heterocycles. The molecule has 0 aliphatic carbocycles. The van der Waals surface area contributed by atoms with E-state index in [1.54, 1.807) is 30.3 Å². The molecular formula is C16H17FN2O. The van der Waals surface area contributed by atoms with Crippen LogP contribution in [0.5, 0.6) is 0 Å². The van der Waals surface area contributed by atoms with Crippen LogP contribution in [-0.4, -0.2) is 5.91 Å². The molecule has 0 radical (unpaired) electrons. The number of primary amides is 1. The predicted molar refractivity (Wildman–Crippen MR) is 76.6 cm³/mol. The van der Waals surface area contributed by atoms with Gasteiger partial charge in [-0.15, -0.1) is 0 Å². The van der Waals surface area contributed by atoms with E-state index in [1.807, 2.05) is 19.1 Å². The number of carbonyl (C=O) groups excluding carboxylic acids is 1. The Hall–Kier alpha value is -2.20. The van der Waals surface area contributed by atoms with Crippen molar-refractivity contribution in [1.82, 2.24) is 5.32 Å². The Labute approximate surface area is 117 Å². The van der Waals surface area contributed by atoms with Crippen LogP contribution in [0.1, 0.15) is 34.5 Å². The number of carbonyl (C=O) groups is 1. The molecule has 0 saturated carbocycles. The molecule has 1 amide bonds. The van der Waals surface area contributed by atoms with Crippen molar-refractivity contribution in [2.45, 2.75) is 19.5 Å². The number of nitrogens with one attached hydrogen (secondary N) is 1. The highest BCUT2D eigenvalue weighted by atomic mass is 19.1. The van der Waals surface area contributed by atoms with Crippen molar-refractivity contribution in [2.75, 3.05) is 0 Å². The van der Waals surface area contributed by atoms with Crippen LogP contribution in [0.3, 0.4) is 0 Å². The fourth-order valence-corrected chi connectivity index (χ4v) is 2.04. The zero-order chi connectivity index (χ0) is 14.5. The van der Waals surface area contributed by atoms with Gasteiger partial charge >= 0.3 is 0 Å². The predicted octanol–water partition coefficient (Wildman–Crippen LogP) is 2.78. The van der Waals surface area contributed by atoms with Gasteiger partial charge in [0.1, 0.15) is 5.82 Å². The molecular weight excluding hydrogens is 255 g/mol. The molecule has 0 aliphatic rings. The highest BCUT2D eigenvalue weighted by Crippen LogP contribution is 2.16. The molecule has 2 aromatic rings. The molecule has 3 N–H and O–H groups in total. The van der Waals surface area contributed by atoms with E-state index in [9.17, 15) is 9.18 Å². The lowest BCUT2D eigenvalue weighted by molar-refractivity contribution is 0.1000.